The van der Waals surface area contributed by atoms with Crippen LogP contribution in [0.1, 0.15) is 19.3 Å². The minimum atomic E-state index is -0.326. The first-order valence-corrected chi connectivity index (χ1v) is 8.44. The maximum atomic E-state index is 12.4. The van der Waals surface area contributed by atoms with Gasteiger partial charge in [-0.1, -0.05) is 23.2 Å². The summed E-state index contributed by atoms with van der Waals surface area (Å²) in [6.45, 7) is 1.20. The summed E-state index contributed by atoms with van der Waals surface area (Å²) in [7, 11) is 1.68. The van der Waals surface area contributed by atoms with E-state index in [-0.39, 0.29) is 23.7 Å². The molecule has 2 fully saturated rings. The molecule has 1 aromatic carbocycles. The number of piperidine rings is 1. The van der Waals surface area contributed by atoms with Crippen LogP contribution in [0.15, 0.2) is 18.2 Å². The van der Waals surface area contributed by atoms with Crippen molar-refractivity contribution in [2.75, 3.05) is 25.5 Å². The van der Waals surface area contributed by atoms with E-state index in [4.69, 9.17) is 27.9 Å². The van der Waals surface area contributed by atoms with E-state index in [1.807, 2.05) is 0 Å². The Hall–Kier alpha value is -1.01. The Morgan fingerprint density at radius 2 is 2.04 bits per heavy atom. The molecule has 0 bridgehead atoms. The number of nitrogens with one attached hydrogen (secondary N) is 1. The van der Waals surface area contributed by atoms with Crippen LogP contribution in [0.5, 0.6) is 0 Å². The molecular weight excluding hydrogens is 339 g/mol. The number of aliphatic hydroxyl groups is 1. The van der Waals surface area contributed by atoms with Crippen LogP contribution < -0.4 is 5.32 Å². The van der Waals surface area contributed by atoms with Crippen LogP contribution in [-0.2, 0) is 4.74 Å². The van der Waals surface area contributed by atoms with E-state index < -0.39 is 0 Å². The van der Waals surface area contributed by atoms with Gasteiger partial charge in [-0.3, -0.25) is 0 Å². The number of ether oxygens (including phenoxy) is 1. The normalized spacial score (nSPS) is 26.0. The van der Waals surface area contributed by atoms with E-state index >= 15 is 0 Å². The molecule has 1 aliphatic heterocycles. The maximum absolute atomic E-state index is 12.4. The predicted octanol–water partition coefficient (Wildman–Crippen LogP) is 3.39. The summed E-state index contributed by atoms with van der Waals surface area (Å²) < 4.78 is 5.46. The number of hydrogen-bond donors (Lipinski definition) is 2. The Bertz CT molecular complexity index is 603. The lowest BCUT2D eigenvalue weighted by molar-refractivity contribution is -0.198. The fraction of sp³-hybridized carbons (Fsp3) is 0.562. The van der Waals surface area contributed by atoms with Crippen molar-refractivity contribution in [2.45, 2.75) is 31.5 Å². The number of nitrogens with zero attached hydrogens (tertiary/aromatic N) is 1. The standard InChI is InChI=1S/C16H20Cl2N2O3/c1-23-14-9-13(21)16(14)4-6-20(7-5-16)15(22)19-10-2-3-11(17)12(18)8-10/h2-3,8,13-14,21H,4-7,9H2,1H3,(H,19,22)/t13-,14+/m1/s1. The van der Waals surface area contributed by atoms with Crippen LogP contribution in [0.3, 0.4) is 0 Å². The van der Waals surface area contributed by atoms with Gasteiger partial charge >= 0.3 is 6.03 Å². The lowest BCUT2D eigenvalue weighted by Crippen LogP contribution is -2.62. The lowest BCUT2D eigenvalue weighted by atomic mass is 9.58. The van der Waals surface area contributed by atoms with E-state index in [0.29, 0.717) is 35.2 Å². The first-order chi connectivity index (χ1) is 11.0. The van der Waals surface area contributed by atoms with Gasteiger partial charge in [0.1, 0.15) is 0 Å². The van der Waals surface area contributed by atoms with Crippen LogP contribution in [0.2, 0.25) is 10.0 Å². The highest BCUT2D eigenvalue weighted by atomic mass is 35.5. The number of anilines is 1. The maximum Gasteiger partial charge on any atom is 0.321 e. The molecule has 1 heterocycles. The number of urea groups is 1. The zero-order valence-electron chi connectivity index (χ0n) is 12.9. The van der Waals surface area contributed by atoms with Crippen LogP contribution in [-0.4, -0.2) is 48.4 Å². The first-order valence-electron chi connectivity index (χ1n) is 7.68. The number of methoxy groups -OCH3 is 1. The molecule has 3 rings (SSSR count). The fourth-order valence-electron chi connectivity index (χ4n) is 3.61. The zero-order chi connectivity index (χ0) is 16.6. The van der Waals surface area contributed by atoms with Crippen molar-refractivity contribution in [3.63, 3.8) is 0 Å². The highest BCUT2D eigenvalue weighted by Crippen LogP contribution is 2.50. The third-order valence-corrected chi connectivity index (χ3v) is 5.92. The Balaban J connectivity index is 1.59. The topological polar surface area (TPSA) is 61.8 Å². The van der Waals surface area contributed by atoms with Crippen molar-refractivity contribution in [2.24, 2.45) is 5.41 Å². The van der Waals surface area contributed by atoms with Crippen LogP contribution in [0, 0.1) is 5.41 Å². The molecule has 1 aliphatic carbocycles. The number of hydrogen-bond acceptors (Lipinski definition) is 3. The van der Waals surface area contributed by atoms with Gasteiger partial charge in [0.25, 0.3) is 0 Å². The predicted molar refractivity (Wildman–Crippen MR) is 90.1 cm³/mol. The number of carbonyl (C=O) groups is 1. The van der Waals surface area contributed by atoms with E-state index in [0.717, 1.165) is 12.8 Å². The average Bonchev–Trinajstić information content (AvgIpc) is 2.55. The molecule has 2 atom stereocenters. The SMILES string of the molecule is CO[C@H]1C[C@@H](O)C12CCN(C(=O)Nc1ccc(Cl)c(Cl)c1)CC2. The van der Waals surface area contributed by atoms with Crippen molar-refractivity contribution < 1.29 is 14.6 Å². The van der Waals surface area contributed by atoms with Gasteiger partial charge in [0.05, 0.1) is 22.3 Å². The second-order valence-electron chi connectivity index (χ2n) is 6.26. The molecule has 1 spiro atoms. The second-order valence-corrected chi connectivity index (χ2v) is 7.07. The molecule has 2 N–H and O–H groups in total. The van der Waals surface area contributed by atoms with Crippen LogP contribution in [0.4, 0.5) is 10.5 Å². The number of aliphatic hydroxyl groups excluding tert-OH is 1. The minimum Gasteiger partial charge on any atom is -0.392 e. The van der Waals surface area contributed by atoms with E-state index in [1.165, 1.54) is 0 Å². The first kappa shape index (κ1) is 16.8. The highest BCUT2D eigenvalue weighted by molar-refractivity contribution is 6.42. The molecule has 0 radical (unpaired) electrons. The van der Waals surface area contributed by atoms with Gasteiger partial charge in [-0.05, 0) is 31.0 Å². The highest BCUT2D eigenvalue weighted by Gasteiger charge is 2.56. The van der Waals surface area contributed by atoms with Gasteiger partial charge in [0.15, 0.2) is 0 Å². The lowest BCUT2D eigenvalue weighted by Gasteiger charge is -2.56. The number of amides is 2. The van der Waals surface area contributed by atoms with E-state index in [1.54, 1.807) is 30.2 Å². The van der Waals surface area contributed by atoms with Gasteiger partial charge in [-0.25, -0.2) is 4.79 Å². The number of halogens is 2. The van der Waals surface area contributed by atoms with Gasteiger partial charge in [-0.15, -0.1) is 0 Å². The largest absolute Gasteiger partial charge is 0.392 e. The Labute approximate surface area is 145 Å². The number of likely N-dealkylation sites (tertiary alicyclic amines) is 1. The average molecular weight is 359 g/mol. The Morgan fingerprint density at radius 3 is 2.61 bits per heavy atom. The molecule has 2 aliphatic rings. The summed E-state index contributed by atoms with van der Waals surface area (Å²) >= 11 is 11.8. The van der Waals surface area contributed by atoms with Gasteiger partial charge in [0.2, 0.25) is 0 Å². The number of benzene rings is 1. The number of rotatable bonds is 2. The molecule has 0 aromatic heterocycles. The fourth-order valence-corrected chi connectivity index (χ4v) is 3.91. The molecule has 2 amide bonds. The van der Waals surface area contributed by atoms with Gasteiger partial charge < -0.3 is 20.1 Å². The van der Waals surface area contributed by atoms with Crippen molar-refractivity contribution in [3.8, 4) is 0 Å². The summed E-state index contributed by atoms with van der Waals surface area (Å²) in [6.07, 6.45) is 1.96. The van der Waals surface area contributed by atoms with Crippen molar-refractivity contribution in [3.05, 3.63) is 28.2 Å². The summed E-state index contributed by atoms with van der Waals surface area (Å²) in [5, 5.41) is 13.8. The molecule has 1 saturated carbocycles. The summed E-state index contributed by atoms with van der Waals surface area (Å²) in [5.41, 5.74) is 0.429. The molecule has 1 saturated heterocycles. The molecular formula is C16H20Cl2N2O3. The van der Waals surface area contributed by atoms with E-state index in [9.17, 15) is 9.90 Å². The molecule has 23 heavy (non-hydrogen) atoms. The Kier molecular flexibility index (Phi) is 4.74. The van der Waals surface area contributed by atoms with Crippen molar-refractivity contribution in [1.82, 2.24) is 4.90 Å². The summed E-state index contributed by atoms with van der Waals surface area (Å²) in [5.74, 6) is 0. The molecule has 7 heteroatoms. The summed E-state index contributed by atoms with van der Waals surface area (Å²) in [4.78, 5) is 14.1. The monoisotopic (exact) mass is 358 g/mol. The smallest absolute Gasteiger partial charge is 0.321 e. The molecule has 126 valence electrons. The van der Waals surface area contributed by atoms with Crippen LogP contribution >= 0.6 is 23.2 Å². The van der Waals surface area contributed by atoms with Crippen molar-refractivity contribution >= 4 is 34.9 Å². The quantitative estimate of drug-likeness (QED) is 0.851. The molecule has 0 unspecified atom stereocenters. The van der Waals surface area contributed by atoms with E-state index in [2.05, 4.69) is 5.32 Å². The Morgan fingerprint density at radius 1 is 1.35 bits per heavy atom. The minimum absolute atomic E-state index is 0.0952. The van der Waals surface area contributed by atoms with Crippen LogP contribution in [0.25, 0.3) is 0 Å². The molecule has 5 nitrogen and oxygen atoms in total. The van der Waals surface area contributed by atoms with Crippen molar-refractivity contribution in [1.29, 1.82) is 0 Å². The molecule has 1 aromatic rings. The number of carbonyl (C=O) groups excluding carboxylic acids is 1. The third-order valence-electron chi connectivity index (χ3n) is 5.18. The second kappa shape index (κ2) is 6.48. The summed E-state index contributed by atoms with van der Waals surface area (Å²) in [6, 6.07) is 4.83. The zero-order valence-corrected chi connectivity index (χ0v) is 14.4. The van der Waals surface area contributed by atoms with Gasteiger partial charge in [-0.2, -0.15) is 0 Å². The van der Waals surface area contributed by atoms with Gasteiger partial charge in [0, 0.05) is 37.7 Å². The third kappa shape index (κ3) is 3.03.